The van der Waals surface area contributed by atoms with Gasteiger partial charge in [0, 0.05) is 19.6 Å². The number of piperidine rings is 1. The minimum atomic E-state index is -0.221. The van der Waals surface area contributed by atoms with E-state index in [9.17, 15) is 9.59 Å². The Morgan fingerprint density at radius 3 is 2.82 bits per heavy atom. The van der Waals surface area contributed by atoms with Crippen LogP contribution in [0.5, 0.6) is 0 Å². The highest BCUT2D eigenvalue weighted by Crippen LogP contribution is 2.18. The van der Waals surface area contributed by atoms with Gasteiger partial charge in [0.05, 0.1) is 5.92 Å². The van der Waals surface area contributed by atoms with E-state index in [1.165, 1.54) is 12.8 Å². The van der Waals surface area contributed by atoms with Gasteiger partial charge in [-0.3, -0.25) is 10.1 Å². The van der Waals surface area contributed by atoms with Crippen LogP contribution in [0.1, 0.15) is 19.8 Å². The van der Waals surface area contributed by atoms with Gasteiger partial charge in [-0.05, 0) is 32.4 Å². The van der Waals surface area contributed by atoms with Crippen molar-refractivity contribution in [2.45, 2.75) is 19.8 Å². The quantitative estimate of drug-likeness (QED) is 0.764. The van der Waals surface area contributed by atoms with Gasteiger partial charge in [-0.25, -0.2) is 4.79 Å². The largest absolute Gasteiger partial charge is 0.324 e. The molecule has 0 bridgehead atoms. The Kier molecular flexibility index (Phi) is 3.66. The Bertz CT molecular complexity index is 319. The highest BCUT2D eigenvalue weighted by molar-refractivity contribution is 5.97. The van der Waals surface area contributed by atoms with E-state index in [4.69, 9.17) is 0 Å². The zero-order chi connectivity index (χ0) is 12.4. The van der Waals surface area contributed by atoms with Gasteiger partial charge < -0.3 is 9.80 Å². The summed E-state index contributed by atoms with van der Waals surface area (Å²) < 4.78 is 0. The van der Waals surface area contributed by atoms with Crippen LogP contribution in [0.25, 0.3) is 0 Å². The molecule has 3 amide bonds. The third-order valence-electron chi connectivity index (χ3n) is 3.66. The van der Waals surface area contributed by atoms with Crippen LogP contribution < -0.4 is 5.32 Å². The molecule has 0 aromatic heterocycles. The Balaban J connectivity index is 1.89. The highest BCUT2D eigenvalue weighted by Gasteiger charge is 2.31. The van der Waals surface area contributed by atoms with Crippen LogP contribution in [0, 0.1) is 11.8 Å². The molecule has 0 saturated carbocycles. The second kappa shape index (κ2) is 5.04. The lowest BCUT2D eigenvalue weighted by molar-refractivity contribution is -0.125. The molecule has 2 fully saturated rings. The van der Waals surface area contributed by atoms with Crippen LogP contribution in [0.4, 0.5) is 4.79 Å². The number of rotatable bonds is 2. The Hall–Kier alpha value is -1.10. The van der Waals surface area contributed by atoms with E-state index in [1.54, 1.807) is 4.90 Å². The van der Waals surface area contributed by atoms with Crippen molar-refractivity contribution in [2.24, 2.45) is 11.8 Å². The lowest BCUT2D eigenvalue weighted by Crippen LogP contribution is -2.55. The lowest BCUT2D eigenvalue weighted by Gasteiger charge is -2.36. The molecule has 0 spiro atoms. The van der Waals surface area contributed by atoms with Crippen molar-refractivity contribution in [1.82, 2.24) is 15.1 Å². The molecule has 2 unspecified atom stereocenters. The molecule has 17 heavy (non-hydrogen) atoms. The van der Waals surface area contributed by atoms with Crippen molar-refractivity contribution in [3.63, 3.8) is 0 Å². The summed E-state index contributed by atoms with van der Waals surface area (Å²) in [6.45, 7) is 5.39. The third-order valence-corrected chi connectivity index (χ3v) is 3.66. The van der Waals surface area contributed by atoms with Gasteiger partial charge >= 0.3 is 6.03 Å². The summed E-state index contributed by atoms with van der Waals surface area (Å²) in [6, 6.07) is -0.221. The number of nitrogens with one attached hydrogen (secondary N) is 1. The molecule has 2 aliphatic rings. The summed E-state index contributed by atoms with van der Waals surface area (Å²) in [7, 11) is 2.12. The number of imide groups is 1. The minimum absolute atomic E-state index is 0.0889. The maximum atomic E-state index is 11.7. The zero-order valence-corrected chi connectivity index (χ0v) is 10.6. The average Bonchev–Trinajstić information content (AvgIpc) is 2.26. The molecule has 2 rings (SSSR count). The number of hydrogen-bond donors (Lipinski definition) is 1. The number of carbonyl (C=O) groups excluding carboxylic acids is 2. The molecule has 0 aromatic rings. The van der Waals surface area contributed by atoms with E-state index < -0.39 is 0 Å². The number of likely N-dealkylation sites (tertiary alicyclic amines) is 1. The minimum Gasteiger partial charge on any atom is -0.323 e. The smallest absolute Gasteiger partial charge is 0.323 e. The lowest BCUT2D eigenvalue weighted by atomic mass is 9.97. The van der Waals surface area contributed by atoms with Crippen LogP contribution in [0.15, 0.2) is 0 Å². The summed E-state index contributed by atoms with van der Waals surface area (Å²) >= 11 is 0. The molecule has 0 radical (unpaired) electrons. The van der Waals surface area contributed by atoms with Crippen LogP contribution >= 0.6 is 0 Å². The van der Waals surface area contributed by atoms with Gasteiger partial charge in [0.25, 0.3) is 0 Å². The second-order valence-electron chi connectivity index (χ2n) is 5.37. The summed E-state index contributed by atoms with van der Waals surface area (Å²) in [6.07, 6.45) is 2.38. The Morgan fingerprint density at radius 2 is 2.12 bits per heavy atom. The molecule has 2 atom stereocenters. The van der Waals surface area contributed by atoms with Crippen molar-refractivity contribution in [1.29, 1.82) is 0 Å². The molecule has 2 aliphatic heterocycles. The first-order valence-corrected chi connectivity index (χ1v) is 6.34. The van der Waals surface area contributed by atoms with E-state index >= 15 is 0 Å². The fraction of sp³-hybridized carbons (Fsp3) is 0.833. The van der Waals surface area contributed by atoms with Crippen molar-refractivity contribution in [3.8, 4) is 0 Å². The first-order valence-electron chi connectivity index (χ1n) is 6.34. The number of nitrogens with zero attached hydrogens (tertiary/aromatic N) is 2. The predicted molar refractivity (Wildman–Crippen MR) is 64.5 cm³/mol. The molecular formula is C12H21N3O2. The van der Waals surface area contributed by atoms with Crippen LogP contribution in [0.2, 0.25) is 0 Å². The van der Waals surface area contributed by atoms with E-state index in [0.717, 1.165) is 19.6 Å². The number of carbonyl (C=O) groups is 2. The van der Waals surface area contributed by atoms with E-state index in [0.29, 0.717) is 12.5 Å². The van der Waals surface area contributed by atoms with Gasteiger partial charge in [-0.2, -0.15) is 0 Å². The molecule has 0 aromatic carbocycles. The van der Waals surface area contributed by atoms with Gasteiger partial charge in [0.1, 0.15) is 0 Å². The fourth-order valence-corrected chi connectivity index (χ4v) is 2.70. The summed E-state index contributed by atoms with van der Waals surface area (Å²) in [4.78, 5) is 27.1. The number of urea groups is 1. The van der Waals surface area contributed by atoms with Gasteiger partial charge in [0.15, 0.2) is 0 Å². The first-order chi connectivity index (χ1) is 8.06. The van der Waals surface area contributed by atoms with Crippen molar-refractivity contribution in [3.05, 3.63) is 0 Å². The third kappa shape index (κ3) is 2.97. The number of hydrogen-bond acceptors (Lipinski definition) is 3. The summed E-state index contributed by atoms with van der Waals surface area (Å²) in [5.74, 6) is 0.306. The predicted octanol–water partition coefficient (Wildman–Crippen LogP) is 0.516. The molecule has 5 nitrogen and oxygen atoms in total. The van der Waals surface area contributed by atoms with Crippen molar-refractivity contribution in [2.75, 3.05) is 33.2 Å². The Morgan fingerprint density at radius 1 is 1.35 bits per heavy atom. The average molecular weight is 239 g/mol. The van der Waals surface area contributed by atoms with Gasteiger partial charge in [-0.1, -0.05) is 6.92 Å². The van der Waals surface area contributed by atoms with Crippen LogP contribution in [-0.2, 0) is 4.79 Å². The highest BCUT2D eigenvalue weighted by atomic mass is 16.2. The number of amides is 3. The Labute approximate surface area is 102 Å². The topological polar surface area (TPSA) is 52.6 Å². The monoisotopic (exact) mass is 239 g/mol. The maximum Gasteiger partial charge on any atom is 0.324 e. The molecule has 96 valence electrons. The summed E-state index contributed by atoms with van der Waals surface area (Å²) in [5.41, 5.74) is 0. The SMILES string of the molecule is CC1CN(CC2CCCN(C)C2)C(=O)NC1=O. The van der Waals surface area contributed by atoms with Crippen molar-refractivity contribution < 1.29 is 9.59 Å². The second-order valence-corrected chi connectivity index (χ2v) is 5.37. The molecule has 0 aliphatic carbocycles. The molecule has 2 heterocycles. The van der Waals surface area contributed by atoms with Crippen LogP contribution in [0.3, 0.4) is 0 Å². The van der Waals surface area contributed by atoms with Gasteiger partial charge in [-0.15, -0.1) is 0 Å². The first kappa shape index (κ1) is 12.4. The molecule has 1 N–H and O–H groups in total. The normalized spacial score (nSPS) is 31.5. The molecule has 5 heteroatoms. The van der Waals surface area contributed by atoms with Crippen LogP contribution in [-0.4, -0.2) is 55.0 Å². The van der Waals surface area contributed by atoms with Crippen molar-refractivity contribution >= 4 is 11.9 Å². The van der Waals surface area contributed by atoms with E-state index in [-0.39, 0.29) is 17.9 Å². The zero-order valence-electron chi connectivity index (χ0n) is 10.6. The fourth-order valence-electron chi connectivity index (χ4n) is 2.70. The summed E-state index contributed by atoms with van der Waals surface area (Å²) in [5, 5.41) is 2.41. The molecular weight excluding hydrogens is 218 g/mol. The maximum absolute atomic E-state index is 11.7. The van der Waals surface area contributed by atoms with Gasteiger partial charge in [0.2, 0.25) is 5.91 Å². The van der Waals surface area contributed by atoms with E-state index in [1.807, 2.05) is 6.92 Å². The van der Waals surface area contributed by atoms with E-state index in [2.05, 4.69) is 17.3 Å². The molecule has 2 saturated heterocycles. The standard InChI is InChI=1S/C12H21N3O2/c1-9-6-15(12(17)13-11(9)16)8-10-4-3-5-14(2)7-10/h9-10H,3-8H2,1-2H3,(H,13,16,17).